The second kappa shape index (κ2) is 6.79. The fourth-order valence-electron chi connectivity index (χ4n) is 2.67. The van der Waals surface area contributed by atoms with Gasteiger partial charge in [0, 0.05) is 11.6 Å². The van der Waals surface area contributed by atoms with E-state index in [1.54, 1.807) is 7.11 Å². The van der Waals surface area contributed by atoms with Crippen molar-refractivity contribution < 1.29 is 4.74 Å². The molecule has 2 nitrogen and oxygen atoms in total. The molecule has 0 aliphatic heterocycles. The number of rotatable bonds is 7. The number of ether oxygens (including phenoxy) is 1. The van der Waals surface area contributed by atoms with Gasteiger partial charge in [-0.15, -0.1) is 0 Å². The highest BCUT2D eigenvalue weighted by Crippen LogP contribution is 2.30. The monoisotopic (exact) mass is 247 g/mol. The molecule has 1 aliphatic rings. The van der Waals surface area contributed by atoms with Crippen LogP contribution in [0.15, 0.2) is 24.3 Å². The van der Waals surface area contributed by atoms with E-state index in [1.807, 2.05) is 12.1 Å². The van der Waals surface area contributed by atoms with Gasteiger partial charge in [-0.25, -0.2) is 0 Å². The summed E-state index contributed by atoms with van der Waals surface area (Å²) in [5, 5.41) is 3.68. The van der Waals surface area contributed by atoms with Crippen LogP contribution in [0.2, 0.25) is 0 Å². The lowest BCUT2D eigenvalue weighted by molar-refractivity contribution is 0.286. The fraction of sp³-hybridized carbons (Fsp3) is 0.625. The van der Waals surface area contributed by atoms with E-state index in [-0.39, 0.29) is 0 Å². The van der Waals surface area contributed by atoms with Crippen LogP contribution in [0.4, 0.5) is 0 Å². The maximum absolute atomic E-state index is 5.45. The summed E-state index contributed by atoms with van der Waals surface area (Å²) in [7, 11) is 1.75. The molecule has 0 radical (unpaired) electrons. The number of benzene rings is 1. The van der Waals surface area contributed by atoms with Crippen LogP contribution in [-0.4, -0.2) is 13.7 Å². The van der Waals surface area contributed by atoms with Crippen LogP contribution < -0.4 is 10.1 Å². The first-order valence-corrected chi connectivity index (χ1v) is 7.21. The predicted octanol–water partition coefficient (Wildman–Crippen LogP) is 3.93. The van der Waals surface area contributed by atoms with E-state index in [1.165, 1.54) is 31.2 Å². The lowest BCUT2D eigenvalue weighted by atomic mass is 9.83. The molecule has 0 bridgehead atoms. The first-order chi connectivity index (χ1) is 8.85. The Bertz CT molecular complexity index is 360. The summed E-state index contributed by atoms with van der Waals surface area (Å²) < 4.78 is 5.45. The normalized spacial score (nSPS) is 17.2. The summed E-state index contributed by atoms with van der Waals surface area (Å²) in [5.41, 5.74) is 1.29. The summed E-state index contributed by atoms with van der Waals surface area (Å²) in [4.78, 5) is 0. The van der Waals surface area contributed by atoms with Crippen molar-refractivity contribution >= 4 is 0 Å². The highest BCUT2D eigenvalue weighted by molar-refractivity contribution is 5.35. The average Bonchev–Trinajstić information content (AvgIpc) is 2.37. The molecular formula is C16H25NO. The zero-order valence-electron chi connectivity index (χ0n) is 11.6. The van der Waals surface area contributed by atoms with Gasteiger partial charge in [0.15, 0.2) is 0 Å². The Morgan fingerprint density at radius 1 is 1.33 bits per heavy atom. The Hall–Kier alpha value is -1.02. The van der Waals surface area contributed by atoms with Gasteiger partial charge in [0.2, 0.25) is 0 Å². The molecule has 1 aliphatic carbocycles. The van der Waals surface area contributed by atoms with E-state index in [4.69, 9.17) is 4.74 Å². The van der Waals surface area contributed by atoms with Crippen LogP contribution in [0.25, 0.3) is 0 Å². The molecule has 2 heteroatoms. The van der Waals surface area contributed by atoms with Crippen LogP contribution in [0, 0.1) is 5.92 Å². The third-order valence-electron chi connectivity index (χ3n) is 4.09. The van der Waals surface area contributed by atoms with Crippen molar-refractivity contribution in [2.75, 3.05) is 13.7 Å². The van der Waals surface area contributed by atoms with Crippen molar-refractivity contribution in [1.82, 2.24) is 5.32 Å². The van der Waals surface area contributed by atoms with Crippen molar-refractivity contribution in [2.45, 2.75) is 45.1 Å². The third kappa shape index (κ3) is 3.26. The Balaban J connectivity index is 1.89. The van der Waals surface area contributed by atoms with Crippen LogP contribution in [0.5, 0.6) is 5.75 Å². The minimum atomic E-state index is 0.418. The number of nitrogens with one attached hydrogen (secondary N) is 1. The largest absolute Gasteiger partial charge is 0.496 e. The third-order valence-corrected chi connectivity index (χ3v) is 4.09. The van der Waals surface area contributed by atoms with Crippen molar-refractivity contribution in [3.05, 3.63) is 29.8 Å². The molecular weight excluding hydrogens is 222 g/mol. The molecule has 1 saturated carbocycles. The zero-order valence-corrected chi connectivity index (χ0v) is 11.6. The van der Waals surface area contributed by atoms with Gasteiger partial charge in [-0.3, -0.25) is 0 Å². The van der Waals surface area contributed by atoms with Gasteiger partial charge in [-0.1, -0.05) is 44.4 Å². The summed E-state index contributed by atoms with van der Waals surface area (Å²) in [6.45, 7) is 3.36. The first-order valence-electron chi connectivity index (χ1n) is 7.21. The topological polar surface area (TPSA) is 21.3 Å². The summed E-state index contributed by atoms with van der Waals surface area (Å²) in [6, 6.07) is 8.76. The second-order valence-electron chi connectivity index (χ2n) is 5.24. The molecule has 1 aromatic rings. The Kier molecular flexibility index (Phi) is 5.06. The minimum absolute atomic E-state index is 0.418. The van der Waals surface area contributed by atoms with Gasteiger partial charge >= 0.3 is 0 Å². The zero-order chi connectivity index (χ0) is 12.8. The van der Waals surface area contributed by atoms with E-state index in [2.05, 4.69) is 24.4 Å². The molecule has 2 rings (SSSR count). The van der Waals surface area contributed by atoms with E-state index in [9.17, 15) is 0 Å². The number of para-hydroxylation sites is 1. The molecule has 1 atom stereocenters. The van der Waals surface area contributed by atoms with Crippen molar-refractivity contribution in [2.24, 2.45) is 5.92 Å². The van der Waals surface area contributed by atoms with Crippen LogP contribution >= 0.6 is 0 Å². The van der Waals surface area contributed by atoms with Gasteiger partial charge in [0.25, 0.3) is 0 Å². The molecule has 100 valence electrons. The van der Waals surface area contributed by atoms with Crippen LogP contribution in [0.3, 0.4) is 0 Å². The number of hydrogen-bond donors (Lipinski definition) is 1. The van der Waals surface area contributed by atoms with Gasteiger partial charge in [0.05, 0.1) is 7.11 Å². The van der Waals surface area contributed by atoms with Gasteiger partial charge in [-0.05, 0) is 31.4 Å². The Morgan fingerprint density at radius 3 is 2.72 bits per heavy atom. The van der Waals surface area contributed by atoms with E-state index < -0.39 is 0 Å². The molecule has 1 unspecified atom stereocenters. The number of hydrogen-bond acceptors (Lipinski definition) is 2. The van der Waals surface area contributed by atoms with Crippen LogP contribution in [-0.2, 0) is 0 Å². The maximum Gasteiger partial charge on any atom is 0.123 e. The molecule has 1 aromatic carbocycles. The molecule has 0 heterocycles. The molecule has 0 aromatic heterocycles. The van der Waals surface area contributed by atoms with Crippen molar-refractivity contribution in [3.8, 4) is 5.75 Å². The van der Waals surface area contributed by atoms with Crippen molar-refractivity contribution in [3.63, 3.8) is 0 Å². The van der Waals surface area contributed by atoms with E-state index in [0.29, 0.717) is 6.04 Å². The Morgan fingerprint density at radius 2 is 2.11 bits per heavy atom. The maximum atomic E-state index is 5.45. The van der Waals surface area contributed by atoms with Crippen LogP contribution in [0.1, 0.15) is 50.6 Å². The average molecular weight is 247 g/mol. The van der Waals surface area contributed by atoms with Gasteiger partial charge in [0.1, 0.15) is 5.75 Å². The highest BCUT2D eigenvalue weighted by Gasteiger charge is 2.18. The lowest BCUT2D eigenvalue weighted by Crippen LogP contribution is -2.25. The molecule has 1 N–H and O–H groups in total. The summed E-state index contributed by atoms with van der Waals surface area (Å²) in [6.07, 6.45) is 6.74. The standard InChI is InChI=1S/C16H25NO/c1-3-15(17-12-11-13-7-6-8-13)14-9-4-5-10-16(14)18-2/h4-5,9-10,13,15,17H,3,6-8,11-12H2,1-2H3. The summed E-state index contributed by atoms with van der Waals surface area (Å²) in [5.74, 6) is 1.98. The molecule has 18 heavy (non-hydrogen) atoms. The molecule has 0 saturated heterocycles. The highest BCUT2D eigenvalue weighted by atomic mass is 16.5. The smallest absolute Gasteiger partial charge is 0.123 e. The molecule has 0 amide bonds. The molecule has 1 fully saturated rings. The first kappa shape index (κ1) is 13.4. The fourth-order valence-corrected chi connectivity index (χ4v) is 2.67. The molecule has 0 spiro atoms. The van der Waals surface area contributed by atoms with E-state index >= 15 is 0 Å². The quantitative estimate of drug-likeness (QED) is 0.788. The van der Waals surface area contributed by atoms with E-state index in [0.717, 1.165) is 24.6 Å². The summed E-state index contributed by atoms with van der Waals surface area (Å²) >= 11 is 0. The number of methoxy groups -OCH3 is 1. The minimum Gasteiger partial charge on any atom is -0.496 e. The lowest BCUT2D eigenvalue weighted by Gasteiger charge is -2.27. The predicted molar refractivity (Wildman–Crippen MR) is 76.0 cm³/mol. The second-order valence-corrected chi connectivity index (χ2v) is 5.24. The SMILES string of the molecule is CCC(NCCC1CCC1)c1ccccc1OC. The van der Waals surface area contributed by atoms with Crippen molar-refractivity contribution in [1.29, 1.82) is 0 Å². The van der Waals surface area contributed by atoms with Gasteiger partial charge < -0.3 is 10.1 Å². The van der Waals surface area contributed by atoms with Gasteiger partial charge in [-0.2, -0.15) is 0 Å². The Labute approximate surface area is 111 Å².